The molecule has 0 aromatic heterocycles. The molecule has 0 aliphatic heterocycles. The van der Waals surface area contributed by atoms with Gasteiger partial charge in [-0.3, -0.25) is 0 Å². The maximum atomic E-state index is 8.23. The quantitative estimate of drug-likeness (QED) is 0.514. The molecule has 0 spiro atoms. The normalized spacial score (nSPS) is 11.2. The van der Waals surface area contributed by atoms with Crippen LogP contribution >= 0.6 is 0 Å². The maximum absolute atomic E-state index is 8.23. The van der Waals surface area contributed by atoms with E-state index in [1.54, 1.807) is 0 Å². The monoisotopic (exact) mass is 89.1 g/mol. The number of hydrogen-bond donors (Lipinski definition) is 1. The van der Waals surface area contributed by atoms with Gasteiger partial charge < -0.3 is 5.11 Å². The molecule has 6 heavy (non-hydrogen) atoms. The zero-order valence-corrected chi connectivity index (χ0v) is 3.98. The molecule has 0 radical (unpaired) electrons. The van der Waals surface area contributed by atoms with E-state index in [4.69, 9.17) is 6.48 Å². The lowest BCUT2D eigenvalue weighted by Gasteiger charge is -1.85. The molecule has 0 rings (SSSR count). The highest BCUT2D eigenvalue weighted by Gasteiger charge is 1.76. The summed E-state index contributed by atoms with van der Waals surface area (Å²) < 4.78 is 6.70. The van der Waals surface area contributed by atoms with Crippen molar-refractivity contribution in [1.29, 1.82) is 0 Å². The second-order valence-electron chi connectivity index (χ2n) is 1.28. The summed E-state index contributed by atoms with van der Waals surface area (Å²) in [5.74, 6) is 0. The molecule has 1 N–H and O–H groups in total. The lowest BCUT2D eigenvalue weighted by Crippen LogP contribution is -1.78. The summed E-state index contributed by atoms with van der Waals surface area (Å²) in [4.78, 5) is 0. The van der Waals surface area contributed by atoms with Crippen LogP contribution in [0.25, 0.3) is 0 Å². The van der Waals surface area contributed by atoms with Crippen molar-refractivity contribution >= 4 is 0 Å². The van der Waals surface area contributed by atoms with E-state index >= 15 is 0 Å². The second kappa shape index (κ2) is 4.96. The van der Waals surface area contributed by atoms with Gasteiger partial charge in [0, 0.05) is 7.98 Å². The third-order valence-corrected chi connectivity index (χ3v) is 0.658. The number of hydrogen-bond acceptors (Lipinski definition) is 1. The summed E-state index contributed by atoms with van der Waals surface area (Å²) in [7, 11) is 0. The van der Waals surface area contributed by atoms with Crippen molar-refractivity contribution in [1.82, 2.24) is 0 Å². The highest BCUT2D eigenvalue weighted by molar-refractivity contribution is 4.30. The van der Waals surface area contributed by atoms with Gasteiger partial charge in [0.1, 0.15) is 0 Å². The number of rotatable bonds is 3. The molecule has 0 aromatic rings. The van der Waals surface area contributed by atoms with Gasteiger partial charge in [-0.1, -0.05) is 19.7 Å². The Hall–Kier alpha value is -0.0400. The average molecular weight is 89.2 g/mol. The molecule has 0 bridgehead atoms. The van der Waals surface area contributed by atoms with Crippen LogP contribution in [-0.4, -0.2) is 11.7 Å². The Balaban J connectivity index is 2.45. The molecule has 0 aliphatic rings. The van der Waals surface area contributed by atoms with Crippen molar-refractivity contribution in [3.63, 3.8) is 0 Å². The Morgan fingerprint density at radius 3 is 3.00 bits per heavy atom. The van der Waals surface area contributed by atoms with E-state index in [-0.39, 0.29) is 6.61 Å². The number of aliphatic hydroxyl groups excluding tert-OH is 1. The van der Waals surface area contributed by atoms with Crippen molar-refractivity contribution in [3.05, 3.63) is 0 Å². The molecular weight excluding hydrogens is 76.1 g/mol. The van der Waals surface area contributed by atoms with Gasteiger partial charge in [-0.2, -0.15) is 0 Å². The maximum Gasteiger partial charge on any atom is 0.0431 e. The van der Waals surface area contributed by atoms with Crippen molar-refractivity contribution in [2.24, 2.45) is 0 Å². The molecule has 0 amide bonds. The second-order valence-corrected chi connectivity index (χ2v) is 1.28. The Morgan fingerprint density at radius 2 is 2.50 bits per heavy atom. The van der Waals surface area contributed by atoms with Crippen LogP contribution in [0.5, 0.6) is 0 Å². The molecule has 0 aromatic carbocycles. The third-order valence-electron chi connectivity index (χ3n) is 0.658. The fourth-order valence-corrected chi connectivity index (χ4v) is 0.289. The number of unbranched alkanes of at least 4 members (excludes halogenated alkanes) is 2. The average Bonchev–Trinajstić information content (AvgIpc) is 1.69. The number of aliphatic hydroxyl groups is 1. The van der Waals surface area contributed by atoms with E-state index in [1.807, 2.05) is 0 Å². The lowest BCUT2D eigenvalue weighted by molar-refractivity contribution is 0.284. The first-order valence-electron chi connectivity index (χ1n) is 3.02. The molecule has 0 atom stereocenters. The third kappa shape index (κ3) is 3.96. The van der Waals surface area contributed by atoms with Crippen molar-refractivity contribution in [3.8, 4) is 0 Å². The minimum atomic E-state index is 0.278. The Labute approximate surface area is 40.4 Å². The van der Waals surface area contributed by atoms with Crippen LogP contribution in [0.15, 0.2) is 0 Å². The molecular formula is C5H12O. The minimum Gasteiger partial charge on any atom is -0.396 e. The van der Waals surface area contributed by atoms with Crippen molar-refractivity contribution in [2.75, 3.05) is 6.61 Å². The molecule has 1 nitrogen and oxygen atoms in total. The molecule has 0 saturated heterocycles. The van der Waals surface area contributed by atoms with Crippen molar-refractivity contribution < 1.29 is 6.48 Å². The molecule has 0 fully saturated rings. The van der Waals surface area contributed by atoms with Gasteiger partial charge in [-0.25, -0.2) is 0 Å². The van der Waals surface area contributed by atoms with Crippen molar-refractivity contribution in [2.45, 2.75) is 26.2 Å². The first-order chi connectivity index (χ1) is 3.41. The van der Waals surface area contributed by atoms with Crippen LogP contribution in [0.4, 0.5) is 0 Å². The van der Waals surface area contributed by atoms with E-state index in [0.29, 0.717) is 6.90 Å². The highest BCUT2D eigenvalue weighted by Crippen LogP contribution is 1.89. The first kappa shape index (κ1) is 4.13. The fourth-order valence-electron chi connectivity index (χ4n) is 0.289. The minimum absolute atomic E-state index is 0.278. The van der Waals surface area contributed by atoms with Crippen LogP contribution < -0.4 is 0 Å². The standard InChI is InChI=1S/C5H12O/c1-2-3-4-5-6/h6H,2-5H2,1H3/i1D. The van der Waals surface area contributed by atoms with Gasteiger partial charge in [0.15, 0.2) is 0 Å². The Kier molecular flexibility index (Phi) is 3.41. The summed E-state index contributed by atoms with van der Waals surface area (Å²) in [6.45, 7) is 0.778. The van der Waals surface area contributed by atoms with Gasteiger partial charge in [0.2, 0.25) is 0 Å². The smallest absolute Gasteiger partial charge is 0.0431 e. The topological polar surface area (TPSA) is 20.2 Å². The van der Waals surface area contributed by atoms with Crippen LogP contribution in [0.2, 0.25) is 0 Å². The fraction of sp³-hybridized carbons (Fsp3) is 1.00. The van der Waals surface area contributed by atoms with Crippen LogP contribution in [-0.2, 0) is 0 Å². The summed E-state index contributed by atoms with van der Waals surface area (Å²) >= 11 is 0. The zero-order chi connectivity index (χ0) is 5.54. The summed E-state index contributed by atoms with van der Waals surface area (Å²) in [5.41, 5.74) is 0. The summed E-state index contributed by atoms with van der Waals surface area (Å²) in [6, 6.07) is 0. The zero-order valence-electron chi connectivity index (χ0n) is 4.98. The largest absolute Gasteiger partial charge is 0.396 e. The summed E-state index contributed by atoms with van der Waals surface area (Å²) in [5, 5.41) is 8.23. The van der Waals surface area contributed by atoms with Gasteiger partial charge in [-0.15, -0.1) is 0 Å². The molecule has 1 heteroatoms. The van der Waals surface area contributed by atoms with E-state index in [0.717, 1.165) is 19.3 Å². The van der Waals surface area contributed by atoms with Crippen LogP contribution in [0, 0.1) is 0 Å². The molecule has 0 unspecified atom stereocenters. The Morgan fingerprint density at radius 1 is 1.67 bits per heavy atom. The first-order valence-corrected chi connectivity index (χ1v) is 2.32. The lowest BCUT2D eigenvalue weighted by atomic mass is 10.3. The summed E-state index contributed by atoms with van der Waals surface area (Å²) in [6.07, 6.45) is 2.79. The molecule has 38 valence electrons. The van der Waals surface area contributed by atoms with Crippen LogP contribution in [0.3, 0.4) is 0 Å². The van der Waals surface area contributed by atoms with Crippen LogP contribution in [0.1, 0.15) is 27.5 Å². The van der Waals surface area contributed by atoms with Gasteiger partial charge in [0.25, 0.3) is 0 Å². The van der Waals surface area contributed by atoms with Gasteiger partial charge >= 0.3 is 0 Å². The van der Waals surface area contributed by atoms with E-state index in [9.17, 15) is 0 Å². The highest BCUT2D eigenvalue weighted by atomic mass is 16.2. The Bertz CT molecular complexity index is 27.3. The molecule has 0 saturated carbocycles. The predicted octanol–water partition coefficient (Wildman–Crippen LogP) is 1.17. The predicted molar refractivity (Wildman–Crippen MR) is 26.6 cm³/mol. The van der Waals surface area contributed by atoms with E-state index in [1.165, 1.54) is 0 Å². The van der Waals surface area contributed by atoms with E-state index < -0.39 is 0 Å². The van der Waals surface area contributed by atoms with Gasteiger partial charge in [0.05, 0.1) is 0 Å². The molecule has 0 heterocycles. The molecule has 0 aliphatic carbocycles. The SMILES string of the molecule is [2H]CCCCCO. The van der Waals surface area contributed by atoms with Gasteiger partial charge in [-0.05, 0) is 6.42 Å². The van der Waals surface area contributed by atoms with E-state index in [2.05, 4.69) is 0 Å².